The molecule has 1 fully saturated rings. The first kappa shape index (κ1) is 19.6. The van der Waals surface area contributed by atoms with E-state index < -0.39 is 0 Å². The van der Waals surface area contributed by atoms with Crippen molar-refractivity contribution in [2.45, 2.75) is 50.3 Å². The maximum atomic E-state index is 5.54. The lowest BCUT2D eigenvalue weighted by molar-refractivity contribution is 0.0487. The van der Waals surface area contributed by atoms with Crippen LogP contribution in [0.1, 0.15) is 39.0 Å². The van der Waals surface area contributed by atoms with Gasteiger partial charge in [0.05, 0.1) is 19.8 Å². The minimum atomic E-state index is 0.552. The molecule has 0 saturated heterocycles. The van der Waals surface area contributed by atoms with Gasteiger partial charge in [0.1, 0.15) is 0 Å². The van der Waals surface area contributed by atoms with Crippen LogP contribution in [0.5, 0.6) is 0 Å². The molecule has 6 heteroatoms. The molecule has 130 valence electrons. The molecule has 1 rings (SSSR count). The first-order chi connectivity index (χ1) is 10.8. The molecule has 0 aliphatic heterocycles. The molecule has 2 unspecified atom stereocenters. The van der Waals surface area contributed by atoms with Gasteiger partial charge in [0, 0.05) is 31.5 Å². The third-order valence-electron chi connectivity index (χ3n) is 3.84. The van der Waals surface area contributed by atoms with E-state index in [4.69, 9.17) is 9.47 Å². The summed E-state index contributed by atoms with van der Waals surface area (Å²) in [5, 5.41) is 7.60. The number of guanidine groups is 1. The zero-order chi connectivity index (χ0) is 16.0. The summed E-state index contributed by atoms with van der Waals surface area (Å²) >= 11 is 1.97. The number of rotatable bonds is 11. The molecule has 0 amide bonds. The van der Waals surface area contributed by atoms with Gasteiger partial charge in [0.15, 0.2) is 5.96 Å². The van der Waals surface area contributed by atoms with Crippen LogP contribution in [0.4, 0.5) is 0 Å². The maximum Gasteiger partial charge on any atom is 0.191 e. The summed E-state index contributed by atoms with van der Waals surface area (Å²) in [5.74, 6) is 0.884. The van der Waals surface area contributed by atoms with Crippen molar-refractivity contribution in [2.24, 2.45) is 4.99 Å². The molecule has 0 aromatic carbocycles. The average Bonchev–Trinajstić information content (AvgIpc) is 2.99. The quantitative estimate of drug-likeness (QED) is 0.346. The predicted octanol–water partition coefficient (Wildman–Crippen LogP) is 2.27. The summed E-state index contributed by atoms with van der Waals surface area (Å²) in [4.78, 5) is 4.28. The molecule has 5 nitrogen and oxygen atoms in total. The van der Waals surface area contributed by atoms with E-state index in [1.165, 1.54) is 25.7 Å². The molecule has 2 N–H and O–H groups in total. The molecule has 1 saturated carbocycles. The summed E-state index contributed by atoms with van der Waals surface area (Å²) < 4.78 is 11.0. The Kier molecular flexibility index (Phi) is 11.6. The van der Waals surface area contributed by atoms with Gasteiger partial charge in [0.2, 0.25) is 0 Å². The smallest absolute Gasteiger partial charge is 0.191 e. The molecule has 0 aromatic heterocycles. The Hall–Kier alpha value is -0.460. The van der Waals surface area contributed by atoms with E-state index in [2.05, 4.69) is 28.8 Å². The molecular weight excluding hydrogens is 298 g/mol. The highest BCUT2D eigenvalue weighted by Crippen LogP contribution is 2.27. The van der Waals surface area contributed by atoms with Gasteiger partial charge in [-0.1, -0.05) is 13.3 Å². The van der Waals surface area contributed by atoms with Crippen LogP contribution in [0.3, 0.4) is 0 Å². The van der Waals surface area contributed by atoms with Crippen molar-refractivity contribution in [1.29, 1.82) is 0 Å². The van der Waals surface area contributed by atoms with Crippen LogP contribution in [0.25, 0.3) is 0 Å². The van der Waals surface area contributed by atoms with Crippen molar-refractivity contribution in [3.05, 3.63) is 0 Å². The Labute approximate surface area is 140 Å². The van der Waals surface area contributed by atoms with E-state index in [-0.39, 0.29) is 0 Å². The van der Waals surface area contributed by atoms with Gasteiger partial charge >= 0.3 is 0 Å². The number of ether oxygens (including phenoxy) is 2. The fraction of sp³-hybridized carbons (Fsp3) is 0.938. The van der Waals surface area contributed by atoms with Crippen LogP contribution in [0.2, 0.25) is 0 Å². The second-order valence-corrected chi connectivity index (χ2v) is 6.73. The first-order valence-electron chi connectivity index (χ1n) is 8.45. The molecular formula is C16H33N3O2S. The third kappa shape index (κ3) is 8.86. The minimum absolute atomic E-state index is 0.552. The van der Waals surface area contributed by atoms with Crippen LogP contribution in [0.15, 0.2) is 4.99 Å². The number of thioether (sulfide) groups is 1. The SMILES string of the molecule is CCCCOCCOCCNC(=NC)NC1CCC(SC)C1. The van der Waals surface area contributed by atoms with Crippen molar-refractivity contribution in [3.63, 3.8) is 0 Å². The molecule has 0 spiro atoms. The van der Waals surface area contributed by atoms with Crippen molar-refractivity contribution in [1.82, 2.24) is 10.6 Å². The number of nitrogens with zero attached hydrogens (tertiary/aromatic N) is 1. The molecule has 22 heavy (non-hydrogen) atoms. The lowest BCUT2D eigenvalue weighted by atomic mass is 10.2. The van der Waals surface area contributed by atoms with Gasteiger partial charge < -0.3 is 20.1 Å². The van der Waals surface area contributed by atoms with Crippen LogP contribution < -0.4 is 10.6 Å². The number of unbranched alkanes of at least 4 members (excludes halogenated alkanes) is 1. The predicted molar refractivity (Wildman–Crippen MR) is 96.0 cm³/mol. The number of nitrogens with one attached hydrogen (secondary N) is 2. The molecule has 2 atom stereocenters. The Morgan fingerprint density at radius 3 is 2.59 bits per heavy atom. The highest BCUT2D eigenvalue weighted by molar-refractivity contribution is 7.99. The third-order valence-corrected chi connectivity index (χ3v) is 4.93. The number of hydrogen-bond donors (Lipinski definition) is 2. The van der Waals surface area contributed by atoms with E-state index in [0.29, 0.717) is 25.9 Å². The van der Waals surface area contributed by atoms with E-state index in [1.54, 1.807) is 0 Å². The van der Waals surface area contributed by atoms with Crippen molar-refractivity contribution in [2.75, 3.05) is 46.3 Å². The molecule has 0 radical (unpaired) electrons. The zero-order valence-corrected chi connectivity index (χ0v) is 15.2. The fourth-order valence-corrected chi connectivity index (χ4v) is 3.28. The largest absolute Gasteiger partial charge is 0.379 e. The highest BCUT2D eigenvalue weighted by atomic mass is 32.2. The average molecular weight is 332 g/mol. The Balaban J connectivity index is 1.98. The standard InChI is InChI=1S/C16H33N3O2S/c1-4-5-9-20-11-12-21-10-8-18-16(17-2)19-14-6-7-15(13-14)22-3/h14-15H,4-13H2,1-3H3,(H2,17,18,19). The zero-order valence-electron chi connectivity index (χ0n) is 14.4. The van der Waals surface area contributed by atoms with Gasteiger partial charge in [-0.2, -0.15) is 11.8 Å². The van der Waals surface area contributed by atoms with Gasteiger partial charge in [-0.15, -0.1) is 0 Å². The Morgan fingerprint density at radius 2 is 1.95 bits per heavy atom. The van der Waals surface area contributed by atoms with Crippen LogP contribution in [-0.2, 0) is 9.47 Å². The summed E-state index contributed by atoms with van der Waals surface area (Å²) in [6, 6.07) is 0.552. The lowest BCUT2D eigenvalue weighted by Crippen LogP contribution is -2.43. The van der Waals surface area contributed by atoms with Gasteiger partial charge in [-0.05, 0) is 31.9 Å². The molecule has 0 aromatic rings. The van der Waals surface area contributed by atoms with Gasteiger partial charge in [-0.3, -0.25) is 4.99 Å². The summed E-state index contributed by atoms with van der Waals surface area (Å²) in [6.07, 6.45) is 8.27. The van der Waals surface area contributed by atoms with Crippen molar-refractivity contribution in [3.8, 4) is 0 Å². The maximum absolute atomic E-state index is 5.54. The Morgan fingerprint density at radius 1 is 1.18 bits per heavy atom. The van der Waals surface area contributed by atoms with Crippen molar-refractivity contribution >= 4 is 17.7 Å². The van der Waals surface area contributed by atoms with Crippen LogP contribution in [-0.4, -0.2) is 63.5 Å². The second kappa shape index (κ2) is 13.0. The van der Waals surface area contributed by atoms with E-state index in [0.717, 1.165) is 30.8 Å². The number of aliphatic imine (C=N–C) groups is 1. The molecule has 0 heterocycles. The molecule has 1 aliphatic carbocycles. The van der Waals surface area contributed by atoms with E-state index in [1.807, 2.05) is 18.8 Å². The normalized spacial score (nSPS) is 22.0. The lowest BCUT2D eigenvalue weighted by Gasteiger charge is -2.17. The number of hydrogen-bond acceptors (Lipinski definition) is 4. The van der Waals surface area contributed by atoms with Crippen molar-refractivity contribution < 1.29 is 9.47 Å². The van der Waals surface area contributed by atoms with E-state index in [9.17, 15) is 0 Å². The van der Waals surface area contributed by atoms with Gasteiger partial charge in [0.25, 0.3) is 0 Å². The molecule has 0 bridgehead atoms. The Bertz CT molecular complexity index is 303. The van der Waals surface area contributed by atoms with E-state index >= 15 is 0 Å². The fourth-order valence-electron chi connectivity index (χ4n) is 2.48. The van der Waals surface area contributed by atoms with Crippen LogP contribution >= 0.6 is 11.8 Å². The van der Waals surface area contributed by atoms with Gasteiger partial charge in [-0.25, -0.2) is 0 Å². The second-order valence-electron chi connectivity index (χ2n) is 5.59. The molecule has 1 aliphatic rings. The summed E-state index contributed by atoms with van der Waals surface area (Å²) in [6.45, 7) is 5.80. The summed E-state index contributed by atoms with van der Waals surface area (Å²) in [5.41, 5.74) is 0. The monoisotopic (exact) mass is 331 g/mol. The minimum Gasteiger partial charge on any atom is -0.379 e. The topological polar surface area (TPSA) is 54.9 Å². The first-order valence-corrected chi connectivity index (χ1v) is 9.74. The highest BCUT2D eigenvalue weighted by Gasteiger charge is 2.24. The summed E-state index contributed by atoms with van der Waals surface area (Å²) in [7, 11) is 1.82. The van der Waals surface area contributed by atoms with Crippen LogP contribution in [0, 0.1) is 0 Å².